The first-order valence-electron chi connectivity index (χ1n) is 12.9. The Bertz CT molecular complexity index is 1850. The second-order valence-corrected chi connectivity index (χ2v) is 9.47. The summed E-state index contributed by atoms with van der Waals surface area (Å²) in [5.74, 6) is 0.952. The highest BCUT2D eigenvalue weighted by Crippen LogP contribution is 2.40. The summed E-state index contributed by atoms with van der Waals surface area (Å²) < 4.78 is 2.27. The Morgan fingerprint density at radius 2 is 1.16 bits per heavy atom. The average molecular weight is 475 g/mol. The zero-order valence-electron chi connectivity index (χ0n) is 20.7. The predicted octanol–water partition coefficient (Wildman–Crippen LogP) is 9.23. The summed E-state index contributed by atoms with van der Waals surface area (Å²) in [5, 5.41) is 5.26. The Kier molecular flexibility index (Phi) is 5.11. The molecule has 6 aromatic carbocycles. The molecule has 0 saturated carbocycles. The lowest BCUT2D eigenvalue weighted by atomic mass is 9.87. The first kappa shape index (κ1) is 21.6. The van der Waals surface area contributed by atoms with E-state index in [4.69, 9.17) is 4.98 Å². The highest BCUT2D eigenvalue weighted by molar-refractivity contribution is 6.15. The minimum absolute atomic E-state index is 0.952. The van der Waals surface area contributed by atoms with Gasteiger partial charge >= 0.3 is 0 Å². The van der Waals surface area contributed by atoms with Gasteiger partial charge in [0.2, 0.25) is 0 Å². The number of fused-ring (bicyclic) bond motifs is 3. The van der Waals surface area contributed by atoms with Crippen LogP contribution in [0.3, 0.4) is 0 Å². The van der Waals surface area contributed by atoms with Gasteiger partial charge in [-0.2, -0.15) is 0 Å². The van der Waals surface area contributed by atoms with E-state index >= 15 is 0 Å². The molecule has 7 aromatic rings. The maximum Gasteiger partial charge on any atom is 0.145 e. The van der Waals surface area contributed by atoms with Crippen molar-refractivity contribution < 1.29 is 0 Å². The lowest BCUT2D eigenvalue weighted by molar-refractivity contribution is 1.10. The van der Waals surface area contributed by atoms with Crippen LogP contribution in [0.15, 0.2) is 127 Å². The molecule has 0 atom stereocenters. The maximum absolute atomic E-state index is 5.11. The predicted molar refractivity (Wildman–Crippen MR) is 156 cm³/mol. The van der Waals surface area contributed by atoms with Crippen LogP contribution in [-0.2, 0) is 6.42 Å². The van der Waals surface area contributed by atoms with Crippen LogP contribution in [-0.4, -0.2) is 9.55 Å². The number of para-hydroxylation sites is 3. The summed E-state index contributed by atoms with van der Waals surface area (Å²) in [5.41, 5.74) is 8.22. The molecule has 0 aliphatic carbocycles. The fourth-order valence-corrected chi connectivity index (χ4v) is 5.78. The van der Waals surface area contributed by atoms with Crippen LogP contribution < -0.4 is 0 Å². The van der Waals surface area contributed by atoms with Crippen LogP contribution in [0, 0.1) is 0 Å². The number of imidazole rings is 1. The van der Waals surface area contributed by atoms with E-state index in [0.29, 0.717) is 0 Å². The molecule has 0 fully saturated rings. The van der Waals surface area contributed by atoms with E-state index in [1.165, 1.54) is 38.2 Å². The molecule has 0 aliphatic rings. The van der Waals surface area contributed by atoms with Gasteiger partial charge < -0.3 is 0 Å². The van der Waals surface area contributed by atoms with Crippen molar-refractivity contribution in [2.75, 3.05) is 0 Å². The van der Waals surface area contributed by atoms with E-state index in [0.717, 1.165) is 34.5 Å². The molecule has 176 valence electrons. The number of hydrogen-bond donors (Lipinski definition) is 0. The molecular formula is C35H26N2. The quantitative estimate of drug-likeness (QED) is 0.232. The van der Waals surface area contributed by atoms with Crippen molar-refractivity contribution in [3.8, 4) is 28.2 Å². The molecule has 0 saturated heterocycles. The molecule has 1 aromatic heterocycles. The van der Waals surface area contributed by atoms with Crippen LogP contribution in [0.1, 0.15) is 12.5 Å². The molecule has 0 spiro atoms. The van der Waals surface area contributed by atoms with E-state index in [1.807, 2.05) is 0 Å². The second kappa shape index (κ2) is 8.76. The van der Waals surface area contributed by atoms with Crippen LogP contribution in [0.5, 0.6) is 0 Å². The van der Waals surface area contributed by atoms with Crippen LogP contribution in [0.2, 0.25) is 0 Å². The molecular weight excluding hydrogens is 448 g/mol. The summed E-state index contributed by atoms with van der Waals surface area (Å²) >= 11 is 0. The molecule has 0 bridgehead atoms. The molecule has 1 heterocycles. The summed E-state index contributed by atoms with van der Waals surface area (Å²) in [6, 6.07) is 45.4. The van der Waals surface area contributed by atoms with Crippen molar-refractivity contribution >= 4 is 32.6 Å². The highest BCUT2D eigenvalue weighted by Gasteiger charge is 2.17. The number of hydrogen-bond acceptors (Lipinski definition) is 1. The van der Waals surface area contributed by atoms with Gasteiger partial charge in [0.15, 0.2) is 0 Å². The third-order valence-electron chi connectivity index (χ3n) is 7.38. The van der Waals surface area contributed by atoms with E-state index in [9.17, 15) is 0 Å². The van der Waals surface area contributed by atoms with Gasteiger partial charge in [-0.05, 0) is 75.0 Å². The van der Waals surface area contributed by atoms with Crippen LogP contribution in [0.25, 0.3) is 60.8 Å². The minimum Gasteiger partial charge on any atom is -0.292 e. The monoisotopic (exact) mass is 474 g/mol. The first-order valence-corrected chi connectivity index (χ1v) is 12.9. The molecule has 7 rings (SSSR count). The summed E-state index contributed by atoms with van der Waals surface area (Å²) in [4.78, 5) is 5.11. The van der Waals surface area contributed by atoms with Gasteiger partial charge in [-0.3, -0.25) is 4.57 Å². The molecule has 2 heteroatoms. The molecule has 0 radical (unpaired) electrons. The molecule has 0 amide bonds. The van der Waals surface area contributed by atoms with Crippen molar-refractivity contribution in [3.63, 3.8) is 0 Å². The third-order valence-corrected chi connectivity index (χ3v) is 7.38. The average Bonchev–Trinajstić information content (AvgIpc) is 3.36. The SMILES string of the molecule is CCc1c2ccccc2c(-c2cccc(-c3nc4ccccc4n3-c3ccccc3)c2)c2ccccc12. The van der Waals surface area contributed by atoms with Gasteiger partial charge in [-0.15, -0.1) is 0 Å². The second-order valence-electron chi connectivity index (χ2n) is 9.47. The molecule has 37 heavy (non-hydrogen) atoms. The van der Waals surface area contributed by atoms with Gasteiger partial charge in [-0.25, -0.2) is 4.98 Å². The minimum atomic E-state index is 0.952. The highest BCUT2D eigenvalue weighted by atomic mass is 15.1. The molecule has 0 N–H and O–H groups in total. The number of aromatic nitrogens is 2. The van der Waals surface area contributed by atoms with Gasteiger partial charge in [0.25, 0.3) is 0 Å². The van der Waals surface area contributed by atoms with Crippen molar-refractivity contribution in [3.05, 3.63) is 133 Å². The van der Waals surface area contributed by atoms with Crippen LogP contribution >= 0.6 is 0 Å². The Morgan fingerprint density at radius 1 is 0.568 bits per heavy atom. The summed E-state index contributed by atoms with van der Waals surface area (Å²) in [7, 11) is 0. The van der Waals surface area contributed by atoms with E-state index in [2.05, 4.69) is 139 Å². The molecule has 2 nitrogen and oxygen atoms in total. The maximum atomic E-state index is 5.11. The molecule has 0 aliphatic heterocycles. The van der Waals surface area contributed by atoms with Gasteiger partial charge in [0.1, 0.15) is 5.82 Å². The Morgan fingerprint density at radius 3 is 1.86 bits per heavy atom. The third kappa shape index (κ3) is 3.45. The van der Waals surface area contributed by atoms with Crippen molar-refractivity contribution in [1.29, 1.82) is 0 Å². The fourth-order valence-electron chi connectivity index (χ4n) is 5.78. The number of benzene rings is 6. The normalized spacial score (nSPS) is 11.5. The largest absolute Gasteiger partial charge is 0.292 e. The Balaban J connectivity index is 1.52. The topological polar surface area (TPSA) is 17.8 Å². The Labute approximate surface area is 216 Å². The van der Waals surface area contributed by atoms with E-state index in [1.54, 1.807) is 0 Å². The van der Waals surface area contributed by atoms with Gasteiger partial charge in [0, 0.05) is 11.3 Å². The van der Waals surface area contributed by atoms with Gasteiger partial charge in [0.05, 0.1) is 11.0 Å². The van der Waals surface area contributed by atoms with Crippen LogP contribution in [0.4, 0.5) is 0 Å². The number of aryl methyl sites for hydroxylation is 1. The number of rotatable bonds is 4. The fraction of sp³-hybridized carbons (Fsp3) is 0.0571. The van der Waals surface area contributed by atoms with E-state index in [-0.39, 0.29) is 0 Å². The zero-order chi connectivity index (χ0) is 24.8. The zero-order valence-corrected chi connectivity index (χ0v) is 20.7. The number of nitrogens with zero attached hydrogens (tertiary/aromatic N) is 2. The first-order chi connectivity index (χ1) is 18.3. The summed E-state index contributed by atoms with van der Waals surface area (Å²) in [6.45, 7) is 2.25. The van der Waals surface area contributed by atoms with Crippen molar-refractivity contribution in [2.24, 2.45) is 0 Å². The smallest absolute Gasteiger partial charge is 0.145 e. The lowest BCUT2D eigenvalue weighted by Gasteiger charge is -2.17. The Hall–Kier alpha value is -4.69. The lowest BCUT2D eigenvalue weighted by Crippen LogP contribution is -1.97. The summed E-state index contributed by atoms with van der Waals surface area (Å²) in [6.07, 6.45) is 1.00. The van der Waals surface area contributed by atoms with E-state index < -0.39 is 0 Å². The van der Waals surface area contributed by atoms with Crippen molar-refractivity contribution in [2.45, 2.75) is 13.3 Å². The standard InChI is InChI=1S/C35H26N2/c1-2-27-28-17-6-8-19-30(28)34(31-20-9-7-18-29(27)31)24-13-12-14-25(23-24)35-36-32-21-10-11-22-33(32)37(35)26-15-4-3-5-16-26/h3-23H,2H2,1H3. The van der Waals surface area contributed by atoms with Crippen molar-refractivity contribution in [1.82, 2.24) is 9.55 Å². The molecule has 0 unspecified atom stereocenters. The van der Waals surface area contributed by atoms with Gasteiger partial charge in [-0.1, -0.05) is 104 Å².